The second-order valence-corrected chi connectivity index (χ2v) is 11.7. The summed E-state index contributed by atoms with van der Waals surface area (Å²) in [5, 5.41) is 0. The molecule has 0 radical (unpaired) electrons. The van der Waals surface area contributed by atoms with E-state index in [0.717, 1.165) is 16.7 Å². The Labute approximate surface area is 139 Å². The maximum absolute atomic E-state index is 3.38. The molecule has 2 aromatic carbocycles. The van der Waals surface area contributed by atoms with E-state index >= 15 is 0 Å². The zero-order chi connectivity index (χ0) is 16.0. The van der Waals surface area contributed by atoms with Gasteiger partial charge in [0, 0.05) is 21.6 Å². The van der Waals surface area contributed by atoms with Crippen molar-refractivity contribution in [3.8, 4) is 23.3 Å². The van der Waals surface area contributed by atoms with Crippen LogP contribution < -0.4 is 0 Å². The first-order chi connectivity index (χ1) is 10.5. The van der Waals surface area contributed by atoms with Crippen molar-refractivity contribution < 1.29 is 0 Å². The van der Waals surface area contributed by atoms with Crippen molar-refractivity contribution in [1.82, 2.24) is 0 Å². The molecule has 2 aromatic rings. The molecular formula is C20H20SSi. The molecule has 0 bridgehead atoms. The highest BCUT2D eigenvalue weighted by Crippen LogP contribution is 2.14. The summed E-state index contributed by atoms with van der Waals surface area (Å²) in [5.41, 5.74) is 6.51. The van der Waals surface area contributed by atoms with Crippen LogP contribution >= 0.6 is 11.8 Å². The molecule has 0 aliphatic heterocycles. The van der Waals surface area contributed by atoms with E-state index in [1.54, 1.807) is 11.8 Å². The van der Waals surface area contributed by atoms with Crippen LogP contribution in [0.4, 0.5) is 0 Å². The van der Waals surface area contributed by atoms with Gasteiger partial charge in [-0.05, 0) is 54.8 Å². The van der Waals surface area contributed by atoms with Gasteiger partial charge in [-0.2, -0.15) is 0 Å². The molecule has 2 rings (SSSR count). The van der Waals surface area contributed by atoms with E-state index in [9.17, 15) is 0 Å². The van der Waals surface area contributed by atoms with Crippen LogP contribution in [0, 0.1) is 23.3 Å². The van der Waals surface area contributed by atoms with E-state index in [4.69, 9.17) is 0 Å². The molecule has 0 aliphatic rings. The molecule has 0 aromatic heterocycles. The first kappa shape index (κ1) is 16.5. The van der Waals surface area contributed by atoms with Crippen molar-refractivity contribution in [2.45, 2.75) is 24.5 Å². The van der Waals surface area contributed by atoms with Crippen molar-refractivity contribution in [2.24, 2.45) is 0 Å². The van der Waals surface area contributed by atoms with Crippen molar-refractivity contribution in [2.75, 3.05) is 6.26 Å². The van der Waals surface area contributed by atoms with Crippen LogP contribution in [0.25, 0.3) is 0 Å². The van der Waals surface area contributed by atoms with Crippen LogP contribution in [0.3, 0.4) is 0 Å². The van der Waals surface area contributed by atoms with Gasteiger partial charge < -0.3 is 0 Å². The Bertz CT molecular complexity index is 742. The lowest BCUT2D eigenvalue weighted by molar-refractivity contribution is 1.45. The Hall–Kier alpha value is -1.87. The quantitative estimate of drug-likeness (QED) is 0.403. The van der Waals surface area contributed by atoms with Crippen LogP contribution in [0.2, 0.25) is 19.6 Å². The SMILES string of the molecule is CSc1ccc(C#Cc2ccc(C#C[Si](C)(C)C)cc2)cc1. The topological polar surface area (TPSA) is 0 Å². The minimum absolute atomic E-state index is 1.02. The molecule has 0 heterocycles. The Morgan fingerprint density at radius 1 is 0.682 bits per heavy atom. The molecular weight excluding hydrogens is 300 g/mol. The van der Waals surface area contributed by atoms with Gasteiger partial charge in [0.25, 0.3) is 0 Å². The van der Waals surface area contributed by atoms with Gasteiger partial charge in [-0.25, -0.2) is 0 Å². The highest BCUT2D eigenvalue weighted by molar-refractivity contribution is 7.98. The molecule has 0 unspecified atom stereocenters. The molecule has 110 valence electrons. The lowest BCUT2D eigenvalue weighted by Crippen LogP contribution is -2.16. The molecule has 0 amide bonds. The van der Waals surface area contributed by atoms with Gasteiger partial charge in [-0.1, -0.05) is 37.4 Å². The van der Waals surface area contributed by atoms with Gasteiger partial charge in [0.2, 0.25) is 0 Å². The first-order valence-corrected chi connectivity index (χ1v) is 12.0. The Kier molecular flexibility index (Phi) is 5.55. The molecule has 0 aliphatic carbocycles. The van der Waals surface area contributed by atoms with E-state index in [0.29, 0.717) is 0 Å². The van der Waals surface area contributed by atoms with Gasteiger partial charge in [-0.3, -0.25) is 0 Å². The molecule has 0 fully saturated rings. The summed E-state index contributed by atoms with van der Waals surface area (Å²) in [6.45, 7) is 6.76. The number of hydrogen-bond acceptors (Lipinski definition) is 1. The largest absolute Gasteiger partial charge is 0.130 e. The van der Waals surface area contributed by atoms with Crippen LogP contribution in [0.1, 0.15) is 16.7 Å². The lowest BCUT2D eigenvalue weighted by Gasteiger charge is -2.03. The molecule has 22 heavy (non-hydrogen) atoms. The minimum Gasteiger partial charge on any atom is -0.130 e. The third-order valence-electron chi connectivity index (χ3n) is 2.91. The predicted octanol–water partition coefficient (Wildman–Crippen LogP) is 5.04. The summed E-state index contributed by atoms with van der Waals surface area (Å²) in [5.74, 6) is 9.66. The maximum atomic E-state index is 3.38. The zero-order valence-corrected chi connectivity index (χ0v) is 15.3. The number of benzene rings is 2. The van der Waals surface area contributed by atoms with Gasteiger partial charge in [-0.15, -0.1) is 17.3 Å². The molecule has 0 spiro atoms. The molecule has 0 saturated carbocycles. The molecule has 2 heteroatoms. The first-order valence-electron chi connectivity index (χ1n) is 7.26. The smallest absolute Gasteiger partial charge is 0.129 e. The van der Waals surface area contributed by atoms with Gasteiger partial charge in [0.05, 0.1) is 0 Å². The summed E-state index contributed by atoms with van der Waals surface area (Å²) in [6, 6.07) is 16.5. The highest BCUT2D eigenvalue weighted by atomic mass is 32.2. The average molecular weight is 321 g/mol. The van der Waals surface area contributed by atoms with E-state index in [1.165, 1.54) is 4.90 Å². The Balaban J connectivity index is 2.11. The predicted molar refractivity (Wildman–Crippen MR) is 101 cm³/mol. The fourth-order valence-electron chi connectivity index (χ4n) is 1.72. The fraction of sp³-hybridized carbons (Fsp3) is 0.200. The number of rotatable bonds is 1. The lowest BCUT2D eigenvalue weighted by atomic mass is 10.1. The van der Waals surface area contributed by atoms with Crippen LogP contribution in [-0.2, 0) is 0 Å². The van der Waals surface area contributed by atoms with Gasteiger partial charge in [0.15, 0.2) is 0 Å². The third-order valence-corrected chi connectivity index (χ3v) is 4.53. The van der Waals surface area contributed by atoms with E-state index < -0.39 is 8.07 Å². The van der Waals surface area contributed by atoms with Crippen molar-refractivity contribution in [1.29, 1.82) is 0 Å². The Morgan fingerprint density at radius 3 is 1.50 bits per heavy atom. The summed E-state index contributed by atoms with van der Waals surface area (Å²) in [4.78, 5) is 1.26. The van der Waals surface area contributed by atoms with Crippen LogP contribution in [-0.4, -0.2) is 14.3 Å². The summed E-state index contributed by atoms with van der Waals surface area (Å²) < 4.78 is 0. The van der Waals surface area contributed by atoms with Crippen LogP contribution in [0.15, 0.2) is 53.4 Å². The van der Waals surface area contributed by atoms with Crippen molar-refractivity contribution in [3.63, 3.8) is 0 Å². The summed E-state index contributed by atoms with van der Waals surface area (Å²) in [6.07, 6.45) is 2.08. The van der Waals surface area contributed by atoms with Gasteiger partial charge >= 0.3 is 0 Å². The third kappa shape index (κ3) is 5.49. The molecule has 0 atom stereocenters. The number of thioether (sulfide) groups is 1. The summed E-state index contributed by atoms with van der Waals surface area (Å²) in [7, 11) is -1.31. The van der Waals surface area contributed by atoms with Crippen LogP contribution in [0.5, 0.6) is 0 Å². The fourth-order valence-corrected chi connectivity index (χ4v) is 2.64. The van der Waals surface area contributed by atoms with E-state index in [-0.39, 0.29) is 0 Å². The van der Waals surface area contributed by atoms with E-state index in [2.05, 4.69) is 73.5 Å². The molecule has 0 nitrogen and oxygen atoms in total. The number of hydrogen-bond donors (Lipinski definition) is 0. The van der Waals surface area contributed by atoms with Crippen molar-refractivity contribution in [3.05, 3.63) is 65.2 Å². The Morgan fingerprint density at radius 2 is 1.09 bits per heavy atom. The maximum Gasteiger partial charge on any atom is 0.129 e. The second-order valence-electron chi connectivity index (χ2n) is 6.06. The minimum atomic E-state index is -1.31. The standard InChI is InChI=1S/C20H20SSi/c1-21-20-13-11-18(12-14-20)6-5-17-7-9-19(10-8-17)15-16-22(2,3)4/h7-14H,1-4H3. The van der Waals surface area contributed by atoms with Gasteiger partial charge in [0.1, 0.15) is 8.07 Å². The molecule has 0 saturated heterocycles. The normalized spacial score (nSPS) is 10.2. The van der Waals surface area contributed by atoms with E-state index in [1.807, 2.05) is 24.3 Å². The highest BCUT2D eigenvalue weighted by Gasteiger charge is 2.07. The summed E-state index contributed by atoms with van der Waals surface area (Å²) >= 11 is 1.74. The average Bonchev–Trinajstić information content (AvgIpc) is 2.52. The monoisotopic (exact) mass is 320 g/mol. The van der Waals surface area contributed by atoms with Crippen molar-refractivity contribution >= 4 is 19.8 Å². The molecule has 0 N–H and O–H groups in total. The second kappa shape index (κ2) is 7.41. The zero-order valence-electron chi connectivity index (χ0n) is 13.5.